The molecule has 0 unspecified atom stereocenters. The summed E-state index contributed by atoms with van der Waals surface area (Å²) in [6.07, 6.45) is -15.0. The Morgan fingerprint density at radius 2 is 1.48 bits per heavy atom. The average molecular weight is 342 g/mol. The van der Waals surface area contributed by atoms with Crippen LogP contribution < -0.4 is 0 Å². The van der Waals surface area contributed by atoms with E-state index in [0.717, 1.165) is 0 Å². The van der Waals surface area contributed by atoms with Gasteiger partial charge in [-0.3, -0.25) is 0 Å². The minimum absolute atomic E-state index is 0.446. The Morgan fingerprint density at radius 3 is 2.09 bits per heavy atom. The molecule has 0 aliphatic carbocycles. The molecule has 11 heteroatoms. The highest BCUT2D eigenvalue weighted by Crippen LogP contribution is 2.26. The lowest BCUT2D eigenvalue weighted by atomic mass is 9.99. The van der Waals surface area contributed by atoms with Crippen LogP contribution in [0.4, 0.5) is 0 Å². The van der Waals surface area contributed by atoms with E-state index in [1.807, 2.05) is 0 Å². The fourth-order valence-corrected chi connectivity index (χ4v) is 2.49. The molecule has 0 aromatic rings. The van der Waals surface area contributed by atoms with E-state index >= 15 is 0 Å². The molecular formula is C12H22O11. The Balaban J connectivity index is 1.90. The summed E-state index contributed by atoms with van der Waals surface area (Å²) in [7, 11) is 0. The topological polar surface area (TPSA) is 190 Å². The molecule has 0 aromatic carbocycles. The van der Waals surface area contributed by atoms with Gasteiger partial charge in [0.15, 0.2) is 12.6 Å². The Bertz CT molecular complexity index is 382. The number of ether oxygens (including phenoxy) is 3. The molecule has 0 bridgehead atoms. The summed E-state index contributed by atoms with van der Waals surface area (Å²) in [6.45, 7) is -1.14. The lowest BCUT2D eigenvalue weighted by molar-refractivity contribution is -0.298. The van der Waals surface area contributed by atoms with E-state index in [4.69, 9.17) is 19.3 Å². The van der Waals surface area contributed by atoms with Crippen molar-refractivity contribution in [2.45, 2.75) is 61.4 Å². The fraction of sp³-hybridized carbons (Fsp3) is 1.00. The first kappa shape index (κ1) is 18.9. The summed E-state index contributed by atoms with van der Waals surface area (Å²) in [5.41, 5.74) is 0. The molecule has 2 heterocycles. The average Bonchev–Trinajstić information content (AvgIpc) is 2.82. The first-order chi connectivity index (χ1) is 10.8. The number of aliphatic hydroxyl groups excluding tert-OH is 8. The van der Waals surface area contributed by atoms with E-state index in [-0.39, 0.29) is 0 Å². The summed E-state index contributed by atoms with van der Waals surface area (Å²) in [4.78, 5) is 0. The smallest absolute Gasteiger partial charge is 0.186 e. The van der Waals surface area contributed by atoms with Crippen LogP contribution in [0.2, 0.25) is 0 Å². The molecular weight excluding hydrogens is 320 g/mol. The molecule has 0 saturated carbocycles. The van der Waals surface area contributed by atoms with Crippen LogP contribution in [0.5, 0.6) is 0 Å². The van der Waals surface area contributed by atoms with E-state index in [2.05, 4.69) is 0 Å². The molecule has 2 fully saturated rings. The molecule has 23 heavy (non-hydrogen) atoms. The third-order valence-electron chi connectivity index (χ3n) is 3.93. The Morgan fingerprint density at radius 1 is 0.826 bits per heavy atom. The standard InChI is InChI=1S/C12H22O11/c13-1-3(14)10-7(17)9(19)12(23-10)21-2-4-5(15)6(16)8(18)11(20)22-4/h3-20H,1-2H2/t3-,4-,5-,6+,7-,8-,9-,10+,11+,12-/m1/s1. The Labute approximate surface area is 130 Å². The van der Waals surface area contributed by atoms with E-state index in [1.165, 1.54) is 0 Å². The SMILES string of the molecule is OC[C@@H](O)[C@@H]1O[C@@H](OC[C@H]2O[C@H](O)[C@H](O)[C@@H](O)[C@@H]2O)[C@H](O)[C@H]1O. The van der Waals surface area contributed by atoms with Gasteiger partial charge in [-0.2, -0.15) is 0 Å². The first-order valence-electron chi connectivity index (χ1n) is 7.07. The Hall–Kier alpha value is -0.440. The van der Waals surface area contributed by atoms with Crippen LogP contribution in [-0.4, -0.2) is 115 Å². The zero-order chi connectivity index (χ0) is 17.3. The maximum absolute atomic E-state index is 9.78. The van der Waals surface area contributed by atoms with Crippen molar-refractivity contribution in [3.05, 3.63) is 0 Å². The van der Waals surface area contributed by atoms with Crippen LogP contribution in [0.3, 0.4) is 0 Å². The van der Waals surface area contributed by atoms with Crippen molar-refractivity contribution in [3.63, 3.8) is 0 Å². The molecule has 11 nitrogen and oxygen atoms in total. The minimum atomic E-state index is -1.73. The second-order valence-corrected chi connectivity index (χ2v) is 5.57. The van der Waals surface area contributed by atoms with Crippen molar-refractivity contribution >= 4 is 0 Å². The highest BCUT2D eigenvalue weighted by molar-refractivity contribution is 4.92. The first-order valence-corrected chi connectivity index (χ1v) is 7.07. The molecule has 2 aliphatic heterocycles. The predicted molar refractivity (Wildman–Crippen MR) is 68.6 cm³/mol. The zero-order valence-electron chi connectivity index (χ0n) is 12.0. The molecule has 0 radical (unpaired) electrons. The van der Waals surface area contributed by atoms with Gasteiger partial charge in [0, 0.05) is 0 Å². The van der Waals surface area contributed by atoms with Crippen molar-refractivity contribution < 1.29 is 55.1 Å². The number of hydrogen-bond donors (Lipinski definition) is 8. The zero-order valence-corrected chi connectivity index (χ0v) is 12.0. The number of hydrogen-bond acceptors (Lipinski definition) is 11. The summed E-state index contributed by atoms with van der Waals surface area (Å²) in [5, 5.41) is 75.8. The van der Waals surface area contributed by atoms with Gasteiger partial charge in [0.2, 0.25) is 0 Å². The number of aliphatic hydroxyl groups is 8. The Kier molecular flexibility index (Phi) is 6.27. The lowest BCUT2D eigenvalue weighted by Gasteiger charge is -2.38. The van der Waals surface area contributed by atoms with Crippen LogP contribution in [0.1, 0.15) is 0 Å². The molecule has 2 saturated heterocycles. The summed E-state index contributed by atoms with van der Waals surface area (Å²) >= 11 is 0. The van der Waals surface area contributed by atoms with Crippen LogP contribution in [-0.2, 0) is 14.2 Å². The van der Waals surface area contributed by atoms with E-state index < -0.39 is 74.6 Å². The third-order valence-corrected chi connectivity index (χ3v) is 3.93. The van der Waals surface area contributed by atoms with Gasteiger partial charge in [-0.15, -0.1) is 0 Å². The lowest BCUT2D eigenvalue weighted by Crippen LogP contribution is -2.58. The summed E-state index contributed by atoms with van der Waals surface area (Å²) in [5.74, 6) is 0. The fourth-order valence-electron chi connectivity index (χ4n) is 2.49. The highest BCUT2D eigenvalue weighted by atomic mass is 16.7. The van der Waals surface area contributed by atoms with Gasteiger partial charge < -0.3 is 55.1 Å². The van der Waals surface area contributed by atoms with Crippen molar-refractivity contribution in [3.8, 4) is 0 Å². The molecule has 10 atom stereocenters. The van der Waals surface area contributed by atoms with E-state index in [9.17, 15) is 35.7 Å². The maximum atomic E-state index is 9.78. The van der Waals surface area contributed by atoms with Gasteiger partial charge in [-0.25, -0.2) is 0 Å². The normalized spacial score (nSPS) is 49.3. The molecule has 0 spiro atoms. The summed E-state index contributed by atoms with van der Waals surface area (Å²) in [6, 6.07) is 0. The molecule has 136 valence electrons. The second-order valence-electron chi connectivity index (χ2n) is 5.57. The third kappa shape index (κ3) is 3.81. The van der Waals surface area contributed by atoms with Crippen LogP contribution >= 0.6 is 0 Å². The van der Waals surface area contributed by atoms with Crippen LogP contribution in [0.25, 0.3) is 0 Å². The van der Waals surface area contributed by atoms with E-state index in [0.29, 0.717) is 0 Å². The van der Waals surface area contributed by atoms with E-state index in [1.54, 1.807) is 0 Å². The van der Waals surface area contributed by atoms with Crippen molar-refractivity contribution in [2.24, 2.45) is 0 Å². The molecule has 2 rings (SSSR count). The van der Waals surface area contributed by atoms with Gasteiger partial charge in [0.05, 0.1) is 13.2 Å². The predicted octanol–water partition coefficient (Wildman–Crippen LogP) is -5.40. The monoisotopic (exact) mass is 342 g/mol. The maximum Gasteiger partial charge on any atom is 0.186 e. The summed E-state index contributed by atoms with van der Waals surface area (Å²) < 4.78 is 15.1. The van der Waals surface area contributed by atoms with Gasteiger partial charge in [-0.05, 0) is 0 Å². The molecule has 0 amide bonds. The number of rotatable bonds is 5. The molecule has 8 N–H and O–H groups in total. The van der Waals surface area contributed by atoms with Gasteiger partial charge in [-0.1, -0.05) is 0 Å². The largest absolute Gasteiger partial charge is 0.394 e. The highest BCUT2D eigenvalue weighted by Gasteiger charge is 2.48. The van der Waals surface area contributed by atoms with Crippen LogP contribution in [0, 0.1) is 0 Å². The van der Waals surface area contributed by atoms with Crippen molar-refractivity contribution in [2.75, 3.05) is 13.2 Å². The van der Waals surface area contributed by atoms with Gasteiger partial charge in [0.1, 0.15) is 48.8 Å². The molecule has 0 aromatic heterocycles. The van der Waals surface area contributed by atoms with Crippen LogP contribution in [0.15, 0.2) is 0 Å². The van der Waals surface area contributed by atoms with Gasteiger partial charge in [0.25, 0.3) is 0 Å². The second kappa shape index (κ2) is 7.63. The minimum Gasteiger partial charge on any atom is -0.394 e. The van der Waals surface area contributed by atoms with Crippen molar-refractivity contribution in [1.82, 2.24) is 0 Å². The van der Waals surface area contributed by atoms with Gasteiger partial charge >= 0.3 is 0 Å². The molecule has 2 aliphatic rings. The van der Waals surface area contributed by atoms with Crippen molar-refractivity contribution in [1.29, 1.82) is 0 Å². The quantitative estimate of drug-likeness (QED) is 0.238.